The fourth-order valence-corrected chi connectivity index (χ4v) is 6.07. The number of rotatable bonds is 7. The molecule has 0 unspecified atom stereocenters. The first-order chi connectivity index (χ1) is 18.6. The van der Waals surface area contributed by atoms with Crippen LogP contribution in [0.3, 0.4) is 0 Å². The molecular weight excluding hydrogens is 537 g/mol. The molecule has 4 aromatic rings. The zero-order valence-corrected chi connectivity index (χ0v) is 23.5. The number of anilines is 2. The summed E-state index contributed by atoms with van der Waals surface area (Å²) in [7, 11) is -2.10. The summed E-state index contributed by atoms with van der Waals surface area (Å²) < 4.78 is 48.8. The molecule has 5 rings (SSSR count). The summed E-state index contributed by atoms with van der Waals surface area (Å²) in [5.41, 5.74) is 4.81. The molecule has 0 spiro atoms. The Labute approximate surface area is 232 Å². The molecular formula is C28H28FN5O3S2. The summed E-state index contributed by atoms with van der Waals surface area (Å²) in [6.45, 7) is 3.89. The van der Waals surface area contributed by atoms with Gasteiger partial charge in [-0.2, -0.15) is 0 Å². The van der Waals surface area contributed by atoms with Gasteiger partial charge in [-0.1, -0.05) is 18.2 Å². The van der Waals surface area contributed by atoms with Crippen LogP contribution in [0.4, 0.5) is 15.8 Å². The highest BCUT2D eigenvalue weighted by Gasteiger charge is 2.42. The van der Waals surface area contributed by atoms with Crippen molar-refractivity contribution in [2.45, 2.75) is 25.9 Å². The Morgan fingerprint density at radius 2 is 1.82 bits per heavy atom. The van der Waals surface area contributed by atoms with Crippen LogP contribution in [0.25, 0.3) is 5.69 Å². The molecule has 0 bridgehead atoms. The molecule has 3 heterocycles. The monoisotopic (exact) mass is 565 g/mol. The predicted octanol–water partition coefficient (Wildman–Crippen LogP) is 5.19. The van der Waals surface area contributed by atoms with Crippen molar-refractivity contribution >= 4 is 38.7 Å². The van der Waals surface area contributed by atoms with E-state index in [1.54, 1.807) is 36.5 Å². The summed E-state index contributed by atoms with van der Waals surface area (Å²) in [6.07, 6.45) is 2.81. The normalized spacial score (nSPS) is 17.3. The molecule has 39 heavy (non-hydrogen) atoms. The fraction of sp³-hybridized carbons (Fsp3) is 0.214. The summed E-state index contributed by atoms with van der Waals surface area (Å²) in [5.74, 6) is 0.0495. The number of pyridine rings is 1. The molecule has 0 aliphatic carbocycles. The van der Waals surface area contributed by atoms with Gasteiger partial charge in [0.25, 0.3) is 0 Å². The molecule has 2 aromatic carbocycles. The number of benzene rings is 2. The Kier molecular flexibility index (Phi) is 7.04. The standard InChI is InChI=1S/C28H28FN5O3S2/c1-17-15-20(18(2)33(17)24-11-6-5-9-21(24)29)27-26(22-10-7-8-14-30-22)31-28(38)34(27)19-12-13-25(37-3)23(16-19)32-39(4,35)36/h5-16,26-27,32H,1-4H3,(H,31,38)/t26-,27+/m0/s1. The van der Waals surface area contributed by atoms with Crippen LogP contribution in [0.2, 0.25) is 0 Å². The van der Waals surface area contributed by atoms with Crippen LogP contribution in [0.15, 0.2) is 72.9 Å². The SMILES string of the molecule is COc1ccc(N2C(=S)N[C@@H](c3ccccn3)[C@H]2c2cc(C)n(-c3ccccc3F)c2C)cc1NS(C)(=O)=O. The Hall–Kier alpha value is -3.96. The predicted molar refractivity (Wildman–Crippen MR) is 155 cm³/mol. The number of aryl methyl sites for hydroxylation is 1. The Bertz CT molecular complexity index is 1660. The number of thiocarbonyl (C=S) groups is 1. The molecule has 8 nitrogen and oxygen atoms in total. The number of sulfonamides is 1. The van der Waals surface area contributed by atoms with Crippen molar-refractivity contribution in [1.82, 2.24) is 14.9 Å². The molecule has 1 fully saturated rings. The van der Waals surface area contributed by atoms with Gasteiger partial charge in [-0.25, -0.2) is 12.8 Å². The number of methoxy groups -OCH3 is 1. The van der Waals surface area contributed by atoms with Crippen LogP contribution in [0, 0.1) is 19.7 Å². The minimum Gasteiger partial charge on any atom is -0.495 e. The summed E-state index contributed by atoms with van der Waals surface area (Å²) >= 11 is 5.84. The van der Waals surface area contributed by atoms with Crippen molar-refractivity contribution in [2.75, 3.05) is 23.0 Å². The molecule has 1 saturated heterocycles. The molecule has 0 radical (unpaired) electrons. The van der Waals surface area contributed by atoms with Gasteiger partial charge in [0.05, 0.1) is 42.5 Å². The maximum atomic E-state index is 14.9. The van der Waals surface area contributed by atoms with Gasteiger partial charge in [-0.15, -0.1) is 0 Å². The molecule has 2 aromatic heterocycles. The van der Waals surface area contributed by atoms with E-state index in [0.29, 0.717) is 22.2 Å². The minimum absolute atomic E-state index is 0.289. The van der Waals surface area contributed by atoms with Crippen LogP contribution in [-0.4, -0.2) is 36.4 Å². The lowest BCUT2D eigenvalue weighted by Gasteiger charge is -2.29. The second kappa shape index (κ2) is 10.3. The van der Waals surface area contributed by atoms with Gasteiger partial charge in [0, 0.05) is 23.3 Å². The van der Waals surface area contributed by atoms with E-state index in [2.05, 4.69) is 15.0 Å². The highest BCUT2D eigenvalue weighted by Crippen LogP contribution is 2.45. The van der Waals surface area contributed by atoms with Gasteiger partial charge in [0.1, 0.15) is 11.6 Å². The second-order valence-electron chi connectivity index (χ2n) is 9.37. The number of ether oxygens (including phenoxy) is 1. The molecule has 11 heteroatoms. The van der Waals surface area contributed by atoms with E-state index in [-0.39, 0.29) is 23.6 Å². The zero-order chi connectivity index (χ0) is 27.9. The average Bonchev–Trinajstić information content (AvgIpc) is 3.39. The van der Waals surface area contributed by atoms with E-state index in [9.17, 15) is 12.8 Å². The van der Waals surface area contributed by atoms with Crippen molar-refractivity contribution in [1.29, 1.82) is 0 Å². The van der Waals surface area contributed by atoms with Crippen LogP contribution in [-0.2, 0) is 10.0 Å². The summed E-state index contributed by atoms with van der Waals surface area (Å²) in [6, 6.07) is 18.9. The van der Waals surface area contributed by atoms with E-state index in [4.69, 9.17) is 17.0 Å². The third-order valence-electron chi connectivity index (χ3n) is 6.74. The van der Waals surface area contributed by atoms with Crippen molar-refractivity contribution < 1.29 is 17.5 Å². The number of hydrogen-bond acceptors (Lipinski definition) is 5. The molecule has 0 saturated carbocycles. The molecule has 2 atom stereocenters. The van der Waals surface area contributed by atoms with Crippen LogP contribution < -0.4 is 19.7 Å². The molecule has 202 valence electrons. The lowest BCUT2D eigenvalue weighted by atomic mass is 9.96. The van der Waals surface area contributed by atoms with Crippen molar-refractivity contribution in [2.24, 2.45) is 0 Å². The quantitative estimate of drug-likeness (QED) is 0.298. The van der Waals surface area contributed by atoms with Crippen LogP contribution in [0.1, 0.15) is 34.7 Å². The van der Waals surface area contributed by atoms with Crippen molar-refractivity contribution in [3.05, 3.63) is 101 Å². The van der Waals surface area contributed by atoms with Crippen molar-refractivity contribution in [3.63, 3.8) is 0 Å². The molecule has 1 aliphatic rings. The minimum atomic E-state index is -3.57. The number of nitrogens with one attached hydrogen (secondary N) is 2. The number of nitrogens with zero attached hydrogens (tertiary/aromatic N) is 3. The highest BCUT2D eigenvalue weighted by atomic mass is 32.2. The first kappa shape index (κ1) is 26.6. The van der Waals surface area contributed by atoms with Gasteiger partial charge in [0.2, 0.25) is 10.0 Å². The molecule has 0 amide bonds. The first-order valence-electron chi connectivity index (χ1n) is 12.2. The average molecular weight is 566 g/mol. The zero-order valence-electron chi connectivity index (χ0n) is 21.8. The maximum Gasteiger partial charge on any atom is 0.229 e. The lowest BCUT2D eigenvalue weighted by molar-refractivity contribution is 0.417. The number of para-hydroxylation sites is 1. The Morgan fingerprint density at radius 1 is 1.08 bits per heavy atom. The van der Waals surface area contributed by atoms with Gasteiger partial charge >= 0.3 is 0 Å². The topological polar surface area (TPSA) is 88.5 Å². The van der Waals surface area contributed by atoms with Gasteiger partial charge in [0.15, 0.2) is 5.11 Å². The van der Waals surface area contributed by atoms with E-state index < -0.39 is 10.0 Å². The largest absolute Gasteiger partial charge is 0.495 e. The number of aromatic nitrogens is 2. The van der Waals surface area contributed by atoms with Gasteiger partial charge in [-0.3, -0.25) is 9.71 Å². The lowest BCUT2D eigenvalue weighted by Crippen LogP contribution is -2.29. The third-order valence-corrected chi connectivity index (χ3v) is 7.64. The van der Waals surface area contributed by atoms with Crippen LogP contribution >= 0.6 is 12.2 Å². The first-order valence-corrected chi connectivity index (χ1v) is 14.5. The molecule has 1 aliphatic heterocycles. The number of halogens is 1. The smallest absolute Gasteiger partial charge is 0.229 e. The summed E-state index contributed by atoms with van der Waals surface area (Å²) in [4.78, 5) is 6.54. The van der Waals surface area contributed by atoms with E-state index >= 15 is 0 Å². The number of hydrogen-bond donors (Lipinski definition) is 2. The van der Waals surface area contributed by atoms with E-state index in [1.165, 1.54) is 13.2 Å². The van der Waals surface area contributed by atoms with Gasteiger partial charge in [-0.05, 0) is 80.2 Å². The van der Waals surface area contributed by atoms with E-state index in [1.807, 2.05) is 53.6 Å². The van der Waals surface area contributed by atoms with Crippen LogP contribution in [0.5, 0.6) is 5.75 Å². The Balaban J connectivity index is 1.69. The van der Waals surface area contributed by atoms with Gasteiger partial charge < -0.3 is 19.5 Å². The second-order valence-corrected chi connectivity index (χ2v) is 11.5. The highest BCUT2D eigenvalue weighted by molar-refractivity contribution is 7.92. The van der Waals surface area contributed by atoms with E-state index in [0.717, 1.165) is 28.9 Å². The Morgan fingerprint density at radius 3 is 2.49 bits per heavy atom. The summed E-state index contributed by atoms with van der Waals surface area (Å²) in [5, 5.41) is 3.86. The molecule has 2 N–H and O–H groups in total. The van der Waals surface area contributed by atoms with Crippen molar-refractivity contribution in [3.8, 4) is 11.4 Å². The maximum absolute atomic E-state index is 14.9. The third kappa shape index (κ3) is 5.07. The fourth-order valence-electron chi connectivity index (χ4n) is 5.17.